The number of unbranched alkanes of at least 4 members (excludes halogenated alkanes) is 1. The van der Waals surface area contributed by atoms with Crippen molar-refractivity contribution in [3.63, 3.8) is 0 Å². The molecule has 154 valence electrons. The first-order valence-electron chi connectivity index (χ1n) is 10.9. The maximum atomic E-state index is 12.2. The standard InChI is InChI=1S/C22H34N4O2/c1-4-7-13-28-22(27)25-19-14-17-18(15-20(19)26(5-2)6-3)24-21(23-17)16-11-9-8-10-12-16/h14-16H,4-13H2,1-3H3,(H,23,24)(H,25,27). The van der Waals surface area contributed by atoms with Crippen LogP contribution in [0.5, 0.6) is 0 Å². The summed E-state index contributed by atoms with van der Waals surface area (Å²) in [6.07, 6.45) is 7.79. The third-order valence-electron chi connectivity index (χ3n) is 5.68. The summed E-state index contributed by atoms with van der Waals surface area (Å²) < 4.78 is 5.31. The molecule has 6 heteroatoms. The molecule has 1 aromatic heterocycles. The molecule has 0 atom stereocenters. The largest absolute Gasteiger partial charge is 0.449 e. The van der Waals surface area contributed by atoms with Crippen LogP contribution in [0, 0.1) is 0 Å². The third-order valence-corrected chi connectivity index (χ3v) is 5.68. The van der Waals surface area contributed by atoms with Crippen molar-refractivity contribution in [2.45, 2.75) is 71.6 Å². The van der Waals surface area contributed by atoms with E-state index in [-0.39, 0.29) is 0 Å². The molecular weight excluding hydrogens is 352 g/mol. The van der Waals surface area contributed by atoms with Gasteiger partial charge in [-0.3, -0.25) is 5.32 Å². The lowest BCUT2D eigenvalue weighted by Crippen LogP contribution is -2.24. The zero-order chi connectivity index (χ0) is 19.9. The molecule has 1 amide bonds. The Hall–Kier alpha value is -2.24. The van der Waals surface area contributed by atoms with Gasteiger partial charge in [0.1, 0.15) is 5.82 Å². The number of benzene rings is 1. The van der Waals surface area contributed by atoms with E-state index in [1.807, 2.05) is 6.07 Å². The number of ether oxygens (including phenoxy) is 1. The molecule has 28 heavy (non-hydrogen) atoms. The molecule has 1 aliphatic rings. The fourth-order valence-electron chi connectivity index (χ4n) is 4.02. The van der Waals surface area contributed by atoms with Crippen LogP contribution in [0.4, 0.5) is 16.2 Å². The fourth-order valence-corrected chi connectivity index (χ4v) is 4.02. The Balaban J connectivity index is 1.89. The number of nitrogens with zero attached hydrogens (tertiary/aromatic N) is 2. The van der Waals surface area contributed by atoms with Crippen molar-refractivity contribution >= 4 is 28.5 Å². The number of nitrogens with one attached hydrogen (secondary N) is 2. The quantitative estimate of drug-likeness (QED) is 0.562. The maximum absolute atomic E-state index is 12.2. The Morgan fingerprint density at radius 1 is 1.21 bits per heavy atom. The van der Waals surface area contributed by atoms with Crippen LogP contribution in [0.1, 0.15) is 77.5 Å². The van der Waals surface area contributed by atoms with E-state index in [9.17, 15) is 4.79 Å². The first-order chi connectivity index (χ1) is 13.7. The highest BCUT2D eigenvalue weighted by Gasteiger charge is 2.21. The first kappa shape index (κ1) is 20.5. The summed E-state index contributed by atoms with van der Waals surface area (Å²) in [4.78, 5) is 22.9. The lowest BCUT2D eigenvalue weighted by molar-refractivity contribution is 0.160. The SMILES string of the molecule is CCCCOC(=O)Nc1cc2[nH]c(C3CCCCC3)nc2cc1N(CC)CC. The summed E-state index contributed by atoms with van der Waals surface area (Å²) in [5, 5.41) is 2.95. The molecule has 1 aromatic carbocycles. The normalized spacial score (nSPS) is 15.0. The number of hydrogen-bond acceptors (Lipinski definition) is 4. The van der Waals surface area contributed by atoms with E-state index in [1.54, 1.807) is 0 Å². The number of rotatable bonds is 8. The Kier molecular flexibility index (Phi) is 7.18. The van der Waals surface area contributed by atoms with Crippen LogP contribution in [-0.2, 0) is 4.74 Å². The zero-order valence-corrected chi connectivity index (χ0v) is 17.5. The molecule has 0 spiro atoms. The van der Waals surface area contributed by atoms with E-state index >= 15 is 0 Å². The van der Waals surface area contributed by atoms with Gasteiger partial charge in [0.25, 0.3) is 0 Å². The van der Waals surface area contributed by atoms with Crippen molar-refractivity contribution in [1.82, 2.24) is 9.97 Å². The van der Waals surface area contributed by atoms with Crippen molar-refractivity contribution in [3.8, 4) is 0 Å². The third kappa shape index (κ3) is 4.78. The van der Waals surface area contributed by atoms with Crippen molar-refractivity contribution < 1.29 is 9.53 Å². The average molecular weight is 387 g/mol. The number of aromatic nitrogens is 2. The predicted molar refractivity (Wildman–Crippen MR) is 115 cm³/mol. The van der Waals surface area contributed by atoms with Crippen LogP contribution in [0.3, 0.4) is 0 Å². The van der Waals surface area contributed by atoms with Gasteiger partial charge in [0.2, 0.25) is 0 Å². The topological polar surface area (TPSA) is 70.2 Å². The van der Waals surface area contributed by atoms with Gasteiger partial charge in [0.15, 0.2) is 0 Å². The lowest BCUT2D eigenvalue weighted by atomic mass is 9.89. The minimum Gasteiger partial charge on any atom is -0.449 e. The summed E-state index contributed by atoms with van der Waals surface area (Å²) in [6, 6.07) is 4.09. The molecule has 0 unspecified atom stereocenters. The molecule has 1 saturated carbocycles. The van der Waals surface area contributed by atoms with E-state index < -0.39 is 6.09 Å². The van der Waals surface area contributed by atoms with E-state index in [4.69, 9.17) is 9.72 Å². The highest BCUT2D eigenvalue weighted by Crippen LogP contribution is 2.35. The molecular formula is C22H34N4O2. The number of H-pyrrole nitrogens is 1. The van der Waals surface area contributed by atoms with Crippen molar-refractivity contribution in [2.24, 2.45) is 0 Å². The smallest absolute Gasteiger partial charge is 0.411 e. The Labute approximate surface area is 168 Å². The van der Waals surface area contributed by atoms with Crippen LogP contribution in [0.25, 0.3) is 11.0 Å². The summed E-state index contributed by atoms with van der Waals surface area (Å²) >= 11 is 0. The van der Waals surface area contributed by atoms with Gasteiger partial charge in [0, 0.05) is 19.0 Å². The van der Waals surface area contributed by atoms with Gasteiger partial charge < -0.3 is 14.6 Å². The van der Waals surface area contributed by atoms with Crippen LogP contribution in [-0.4, -0.2) is 35.8 Å². The summed E-state index contributed by atoms with van der Waals surface area (Å²) in [7, 11) is 0. The minimum atomic E-state index is -0.395. The molecule has 2 aromatic rings. The second kappa shape index (κ2) is 9.80. The molecule has 1 heterocycles. The number of fused-ring (bicyclic) bond motifs is 1. The van der Waals surface area contributed by atoms with Gasteiger partial charge in [-0.25, -0.2) is 9.78 Å². The number of carbonyl (C=O) groups excluding carboxylic acids is 1. The number of amides is 1. The Morgan fingerprint density at radius 3 is 2.64 bits per heavy atom. The lowest BCUT2D eigenvalue weighted by Gasteiger charge is -2.24. The molecule has 0 bridgehead atoms. The van der Waals surface area contributed by atoms with Crippen molar-refractivity contribution in [2.75, 3.05) is 29.9 Å². The van der Waals surface area contributed by atoms with Crippen LogP contribution in [0.15, 0.2) is 12.1 Å². The first-order valence-corrected chi connectivity index (χ1v) is 10.9. The second-order valence-electron chi connectivity index (χ2n) is 7.63. The number of carbonyl (C=O) groups is 1. The molecule has 6 nitrogen and oxygen atoms in total. The van der Waals surface area contributed by atoms with Crippen LogP contribution < -0.4 is 10.2 Å². The molecule has 3 rings (SSSR count). The van der Waals surface area contributed by atoms with Crippen molar-refractivity contribution in [1.29, 1.82) is 0 Å². The molecule has 0 aliphatic heterocycles. The van der Waals surface area contributed by atoms with Gasteiger partial charge in [-0.15, -0.1) is 0 Å². The van der Waals surface area contributed by atoms with E-state index in [0.717, 1.165) is 54.2 Å². The minimum absolute atomic E-state index is 0.395. The molecule has 1 aliphatic carbocycles. The monoisotopic (exact) mass is 386 g/mol. The van der Waals surface area contributed by atoms with Gasteiger partial charge >= 0.3 is 6.09 Å². The van der Waals surface area contributed by atoms with E-state index in [2.05, 4.69) is 42.0 Å². The summed E-state index contributed by atoms with van der Waals surface area (Å²) in [5.74, 6) is 1.61. The number of hydrogen-bond donors (Lipinski definition) is 2. The fraction of sp³-hybridized carbons (Fsp3) is 0.636. The number of aromatic amines is 1. The molecule has 2 N–H and O–H groups in total. The summed E-state index contributed by atoms with van der Waals surface area (Å²) in [6.45, 7) is 8.49. The van der Waals surface area contributed by atoms with Crippen LogP contribution in [0.2, 0.25) is 0 Å². The Morgan fingerprint density at radius 2 is 1.96 bits per heavy atom. The highest BCUT2D eigenvalue weighted by molar-refractivity contribution is 5.95. The van der Waals surface area contributed by atoms with Crippen LogP contribution >= 0.6 is 0 Å². The second-order valence-corrected chi connectivity index (χ2v) is 7.63. The maximum Gasteiger partial charge on any atom is 0.411 e. The molecule has 1 fully saturated rings. The number of imidazole rings is 1. The average Bonchev–Trinajstić information content (AvgIpc) is 3.13. The van der Waals surface area contributed by atoms with Gasteiger partial charge in [-0.1, -0.05) is 32.6 Å². The highest BCUT2D eigenvalue weighted by atomic mass is 16.5. The molecule has 0 radical (unpaired) electrons. The van der Waals surface area contributed by atoms with Gasteiger partial charge in [-0.2, -0.15) is 0 Å². The van der Waals surface area contributed by atoms with Gasteiger partial charge in [0.05, 0.1) is 29.0 Å². The van der Waals surface area contributed by atoms with Gasteiger partial charge in [-0.05, 0) is 45.2 Å². The molecule has 0 saturated heterocycles. The summed E-state index contributed by atoms with van der Waals surface area (Å²) in [5.41, 5.74) is 3.70. The van der Waals surface area contributed by atoms with E-state index in [1.165, 1.54) is 32.1 Å². The zero-order valence-electron chi connectivity index (χ0n) is 17.5. The van der Waals surface area contributed by atoms with Crippen molar-refractivity contribution in [3.05, 3.63) is 18.0 Å². The van der Waals surface area contributed by atoms with E-state index in [0.29, 0.717) is 12.5 Å². The number of anilines is 2. The Bertz CT molecular complexity index is 776. The predicted octanol–water partition coefficient (Wildman–Crippen LogP) is 5.81.